The van der Waals surface area contributed by atoms with Crippen LogP contribution in [0, 0.1) is 0 Å². The van der Waals surface area contributed by atoms with Crippen LogP contribution in [0.25, 0.3) is 6.08 Å². The van der Waals surface area contributed by atoms with Gasteiger partial charge >= 0.3 is 0 Å². The molecule has 1 aromatic rings. The van der Waals surface area contributed by atoms with Crippen molar-refractivity contribution in [1.82, 2.24) is 26.6 Å². The average Bonchev–Trinajstić information content (AvgIpc) is 3.21. The zero-order chi connectivity index (χ0) is 20.6. The van der Waals surface area contributed by atoms with Gasteiger partial charge in [-0.15, -0.1) is 0 Å². The number of carbonyl (C=O) groups excluding carboxylic acids is 2. The summed E-state index contributed by atoms with van der Waals surface area (Å²) in [5.74, 6) is 0.0399. The molecule has 0 saturated carbocycles. The first-order valence-electron chi connectivity index (χ1n) is 9.96. The van der Waals surface area contributed by atoms with Crippen LogP contribution in [0.4, 0.5) is 0 Å². The van der Waals surface area contributed by atoms with E-state index < -0.39 is 0 Å². The molecule has 1 aromatic carbocycles. The monoisotopic (exact) mass is 439 g/mol. The molecular weight excluding hydrogens is 413 g/mol. The minimum absolute atomic E-state index is 0.0490. The molecule has 2 aliphatic rings. The lowest BCUT2D eigenvalue weighted by atomic mass is 10.0. The zero-order valence-corrected chi connectivity index (χ0v) is 17.7. The minimum Gasteiger partial charge on any atom is -0.353 e. The van der Waals surface area contributed by atoms with Crippen LogP contribution in [-0.4, -0.2) is 48.4 Å². The Labute approximate surface area is 181 Å². The summed E-state index contributed by atoms with van der Waals surface area (Å²) in [6.07, 6.45) is 7.11. The molecule has 2 fully saturated rings. The third-order valence-corrected chi connectivity index (χ3v) is 5.77. The SMILES string of the molecule is O=C(CCCC1CNNN1)NC1CCN(C(=O)/C=C/c2ccc(Cl)cc2Cl)CC1. The molecule has 2 saturated heterocycles. The number of nitrogens with zero attached hydrogens (tertiary/aromatic N) is 1. The van der Waals surface area contributed by atoms with Gasteiger partial charge < -0.3 is 10.2 Å². The lowest BCUT2D eigenvalue weighted by Crippen LogP contribution is -2.46. The number of carbonyl (C=O) groups is 2. The Morgan fingerprint density at radius 2 is 2.03 bits per heavy atom. The van der Waals surface area contributed by atoms with Gasteiger partial charge in [0.25, 0.3) is 0 Å². The van der Waals surface area contributed by atoms with Crippen LogP contribution in [0.1, 0.15) is 37.7 Å². The summed E-state index contributed by atoms with van der Waals surface area (Å²) < 4.78 is 0. The van der Waals surface area contributed by atoms with Crippen LogP contribution in [0.3, 0.4) is 0 Å². The van der Waals surface area contributed by atoms with Crippen molar-refractivity contribution >= 4 is 41.1 Å². The topological polar surface area (TPSA) is 85.5 Å². The van der Waals surface area contributed by atoms with Gasteiger partial charge in [-0.1, -0.05) is 29.3 Å². The Morgan fingerprint density at radius 1 is 1.24 bits per heavy atom. The van der Waals surface area contributed by atoms with Crippen molar-refractivity contribution in [2.75, 3.05) is 19.6 Å². The van der Waals surface area contributed by atoms with Crippen LogP contribution in [-0.2, 0) is 9.59 Å². The van der Waals surface area contributed by atoms with Gasteiger partial charge in [0.15, 0.2) is 0 Å². The number of nitrogens with one attached hydrogen (secondary N) is 4. The number of hydrogen-bond acceptors (Lipinski definition) is 5. The van der Waals surface area contributed by atoms with Crippen LogP contribution >= 0.6 is 23.2 Å². The lowest BCUT2D eigenvalue weighted by Gasteiger charge is -2.31. The molecule has 0 radical (unpaired) electrons. The van der Waals surface area contributed by atoms with Gasteiger partial charge in [0.2, 0.25) is 11.8 Å². The molecule has 29 heavy (non-hydrogen) atoms. The zero-order valence-electron chi connectivity index (χ0n) is 16.2. The molecule has 7 nitrogen and oxygen atoms in total. The first kappa shape index (κ1) is 22.1. The Bertz CT molecular complexity index is 744. The fourth-order valence-electron chi connectivity index (χ4n) is 3.51. The van der Waals surface area contributed by atoms with Crippen molar-refractivity contribution < 1.29 is 9.59 Å². The van der Waals surface area contributed by atoms with Gasteiger partial charge in [0, 0.05) is 54.3 Å². The van der Waals surface area contributed by atoms with E-state index in [4.69, 9.17) is 23.2 Å². The van der Waals surface area contributed by atoms with E-state index >= 15 is 0 Å². The van der Waals surface area contributed by atoms with Gasteiger partial charge in [0.1, 0.15) is 0 Å². The summed E-state index contributed by atoms with van der Waals surface area (Å²) >= 11 is 12.0. The molecule has 158 valence electrons. The largest absolute Gasteiger partial charge is 0.353 e. The van der Waals surface area contributed by atoms with Crippen molar-refractivity contribution in [2.24, 2.45) is 0 Å². The second kappa shape index (κ2) is 10.9. The Hall–Kier alpha value is -1.64. The number of benzene rings is 1. The van der Waals surface area contributed by atoms with E-state index in [1.807, 2.05) is 0 Å². The van der Waals surface area contributed by atoms with E-state index in [1.54, 1.807) is 29.2 Å². The third-order valence-electron chi connectivity index (χ3n) is 5.21. The fraction of sp³-hybridized carbons (Fsp3) is 0.500. The fourth-order valence-corrected chi connectivity index (χ4v) is 3.98. The standard InChI is InChI=1S/C20H27Cl2N5O2/c21-15-6-4-14(18(22)12-15)5-7-20(29)27-10-8-16(9-11-27)24-19(28)3-1-2-17-13-23-26-25-17/h4-7,12,16-17,23,25-26H,1-3,8-11,13H2,(H,24,28)/b7-5+. The van der Waals surface area contributed by atoms with Crippen molar-refractivity contribution in [1.29, 1.82) is 0 Å². The molecule has 0 aliphatic carbocycles. The van der Waals surface area contributed by atoms with Crippen LogP contribution < -0.4 is 21.7 Å². The molecule has 2 heterocycles. The maximum Gasteiger partial charge on any atom is 0.246 e. The second-order valence-electron chi connectivity index (χ2n) is 7.41. The van der Waals surface area contributed by atoms with Gasteiger partial charge in [-0.05, 0) is 49.5 Å². The number of rotatable bonds is 7. The van der Waals surface area contributed by atoms with E-state index in [9.17, 15) is 9.59 Å². The summed E-state index contributed by atoms with van der Waals surface area (Å²) in [5, 5.41) is 4.17. The average molecular weight is 440 g/mol. The van der Waals surface area contributed by atoms with Gasteiger partial charge in [-0.3, -0.25) is 9.59 Å². The molecule has 1 unspecified atom stereocenters. The Balaban J connectivity index is 1.36. The van der Waals surface area contributed by atoms with Crippen molar-refractivity contribution in [2.45, 2.75) is 44.2 Å². The molecular formula is C20H27Cl2N5O2. The highest BCUT2D eigenvalue weighted by molar-refractivity contribution is 6.35. The quantitative estimate of drug-likeness (QED) is 0.489. The maximum absolute atomic E-state index is 12.4. The number of halogens is 2. The van der Waals surface area contributed by atoms with Crippen LogP contribution in [0.5, 0.6) is 0 Å². The first-order valence-corrected chi connectivity index (χ1v) is 10.7. The predicted octanol–water partition coefficient (Wildman–Crippen LogP) is 2.27. The highest BCUT2D eigenvalue weighted by Gasteiger charge is 2.23. The van der Waals surface area contributed by atoms with Gasteiger partial charge in [0.05, 0.1) is 0 Å². The summed E-state index contributed by atoms with van der Waals surface area (Å²) in [4.78, 5) is 26.4. The molecule has 0 bridgehead atoms. The Kier molecular flexibility index (Phi) is 8.32. The lowest BCUT2D eigenvalue weighted by molar-refractivity contribution is -0.127. The number of piperidine rings is 1. The van der Waals surface area contributed by atoms with E-state index in [0.29, 0.717) is 35.6 Å². The molecule has 0 aromatic heterocycles. The number of amides is 2. The van der Waals surface area contributed by atoms with Crippen molar-refractivity contribution in [3.8, 4) is 0 Å². The highest BCUT2D eigenvalue weighted by atomic mass is 35.5. The summed E-state index contributed by atoms with van der Waals surface area (Å²) in [5.41, 5.74) is 9.72. The summed E-state index contributed by atoms with van der Waals surface area (Å²) in [6, 6.07) is 5.68. The van der Waals surface area contributed by atoms with Crippen LogP contribution in [0.2, 0.25) is 10.0 Å². The summed E-state index contributed by atoms with van der Waals surface area (Å²) in [7, 11) is 0. The first-order chi connectivity index (χ1) is 14.0. The number of hydrogen-bond donors (Lipinski definition) is 4. The number of likely N-dealkylation sites (tertiary alicyclic amines) is 1. The third kappa shape index (κ3) is 6.97. The normalized spacial score (nSPS) is 20.3. The molecule has 9 heteroatoms. The van der Waals surface area contributed by atoms with E-state index in [-0.39, 0.29) is 17.9 Å². The summed E-state index contributed by atoms with van der Waals surface area (Å²) in [6.45, 7) is 2.13. The maximum atomic E-state index is 12.4. The molecule has 0 spiro atoms. The van der Waals surface area contributed by atoms with Gasteiger partial charge in [-0.2, -0.15) is 5.53 Å². The highest BCUT2D eigenvalue weighted by Crippen LogP contribution is 2.22. The Morgan fingerprint density at radius 3 is 2.72 bits per heavy atom. The van der Waals surface area contributed by atoms with Crippen molar-refractivity contribution in [3.63, 3.8) is 0 Å². The minimum atomic E-state index is -0.0490. The van der Waals surface area contributed by atoms with Crippen molar-refractivity contribution in [3.05, 3.63) is 39.9 Å². The van der Waals surface area contributed by atoms with Gasteiger partial charge in [-0.25, -0.2) is 10.9 Å². The van der Waals surface area contributed by atoms with E-state index in [2.05, 4.69) is 21.7 Å². The molecule has 2 amide bonds. The van der Waals surface area contributed by atoms with E-state index in [1.165, 1.54) is 6.08 Å². The molecule has 3 rings (SSSR count). The predicted molar refractivity (Wildman–Crippen MR) is 115 cm³/mol. The van der Waals surface area contributed by atoms with Crippen LogP contribution in [0.15, 0.2) is 24.3 Å². The van der Waals surface area contributed by atoms with E-state index in [0.717, 1.165) is 37.8 Å². The number of hydrazine groups is 2. The smallest absolute Gasteiger partial charge is 0.246 e. The molecule has 1 atom stereocenters. The molecule has 4 N–H and O–H groups in total. The molecule has 2 aliphatic heterocycles. The second-order valence-corrected chi connectivity index (χ2v) is 8.25.